The molecule has 0 unspecified atom stereocenters. The molecule has 2 amide bonds. The third kappa shape index (κ3) is 2.96. The summed E-state index contributed by atoms with van der Waals surface area (Å²) in [6, 6.07) is 20.4. The maximum atomic E-state index is 13.1. The quantitative estimate of drug-likeness (QED) is 0.509. The van der Waals surface area contributed by atoms with Crippen LogP contribution in [0, 0.1) is 11.8 Å². The van der Waals surface area contributed by atoms with Gasteiger partial charge in [0.2, 0.25) is 17.8 Å². The average molecular weight is 425 g/mol. The van der Waals surface area contributed by atoms with E-state index in [1.54, 1.807) is 0 Å². The Kier molecular flexibility index (Phi) is 4.41. The predicted octanol–water partition coefficient (Wildman–Crippen LogP) is 3.88. The molecule has 0 bridgehead atoms. The van der Waals surface area contributed by atoms with Crippen molar-refractivity contribution in [2.75, 3.05) is 10.2 Å². The molecule has 1 saturated heterocycles. The molecule has 160 valence electrons. The molecule has 7 nitrogen and oxygen atoms in total. The largest absolute Gasteiger partial charge is 0.347 e. The number of imide groups is 1. The van der Waals surface area contributed by atoms with E-state index in [2.05, 4.69) is 39.7 Å². The molecule has 0 spiro atoms. The van der Waals surface area contributed by atoms with Crippen LogP contribution in [0.2, 0.25) is 0 Å². The lowest BCUT2D eigenvalue weighted by molar-refractivity contribution is -0.122. The summed E-state index contributed by atoms with van der Waals surface area (Å²) in [6.45, 7) is 0. The molecule has 3 heterocycles. The third-order valence-electron chi connectivity index (χ3n) is 6.77. The zero-order valence-electron chi connectivity index (χ0n) is 17.5. The summed E-state index contributed by atoms with van der Waals surface area (Å²) < 4.78 is 1.82. The van der Waals surface area contributed by atoms with Crippen LogP contribution in [-0.4, -0.2) is 26.6 Å². The molecular weight excluding hydrogens is 402 g/mol. The Morgan fingerprint density at radius 3 is 2.03 bits per heavy atom. The van der Waals surface area contributed by atoms with E-state index >= 15 is 0 Å². The average Bonchev–Trinajstić information content (AvgIpc) is 3.38. The molecule has 3 aliphatic rings. The van der Waals surface area contributed by atoms with Crippen LogP contribution in [0.15, 0.2) is 72.8 Å². The van der Waals surface area contributed by atoms with E-state index in [9.17, 15) is 9.59 Å². The molecule has 4 atom stereocenters. The van der Waals surface area contributed by atoms with Crippen molar-refractivity contribution in [2.24, 2.45) is 11.8 Å². The van der Waals surface area contributed by atoms with Gasteiger partial charge in [0.1, 0.15) is 0 Å². The van der Waals surface area contributed by atoms with E-state index in [1.165, 1.54) is 4.90 Å². The number of nitrogens with zero attached hydrogens (tertiary/aromatic N) is 4. The number of carbonyl (C=O) groups excluding carboxylic acids is 2. The highest BCUT2D eigenvalue weighted by Crippen LogP contribution is 2.41. The summed E-state index contributed by atoms with van der Waals surface area (Å²) in [5.74, 6) is -0.244. The van der Waals surface area contributed by atoms with Gasteiger partial charge in [0.15, 0.2) is 0 Å². The number of nitrogens with one attached hydrogen (secondary N) is 1. The summed E-state index contributed by atoms with van der Waals surface area (Å²) in [5.41, 5.74) is 2.28. The fraction of sp³-hybridized carbons (Fsp3) is 0.280. The Balaban J connectivity index is 1.40. The van der Waals surface area contributed by atoms with Crippen LogP contribution in [0.3, 0.4) is 0 Å². The van der Waals surface area contributed by atoms with E-state index in [0.29, 0.717) is 18.8 Å². The molecule has 7 heteroatoms. The third-order valence-corrected chi connectivity index (χ3v) is 6.77. The smallest absolute Gasteiger partial charge is 0.260 e. The highest BCUT2D eigenvalue weighted by molar-refractivity contribution is 6.21. The predicted molar refractivity (Wildman–Crippen MR) is 120 cm³/mol. The van der Waals surface area contributed by atoms with Crippen molar-refractivity contribution in [3.8, 4) is 0 Å². The normalized spacial score (nSPS) is 26.6. The molecule has 3 aromatic rings. The molecule has 1 aromatic heterocycles. The molecule has 2 aromatic carbocycles. The minimum atomic E-state index is -0.303. The van der Waals surface area contributed by atoms with Crippen molar-refractivity contribution in [3.63, 3.8) is 0 Å². The molecular formula is C25H23N5O2. The van der Waals surface area contributed by atoms with E-state index in [0.717, 1.165) is 17.5 Å². The van der Waals surface area contributed by atoms with Gasteiger partial charge in [-0.2, -0.15) is 4.98 Å². The second-order valence-electron chi connectivity index (χ2n) is 8.62. The van der Waals surface area contributed by atoms with Gasteiger partial charge in [-0.3, -0.25) is 9.59 Å². The number of carbonyl (C=O) groups is 2. The Bertz CT molecular complexity index is 1180. The lowest BCUT2D eigenvalue weighted by atomic mass is 9.85. The first kappa shape index (κ1) is 19.0. The number of rotatable bonds is 3. The van der Waals surface area contributed by atoms with Gasteiger partial charge < -0.3 is 5.32 Å². The van der Waals surface area contributed by atoms with Gasteiger partial charge in [-0.25, -0.2) is 9.58 Å². The maximum Gasteiger partial charge on any atom is 0.260 e. The SMILES string of the molecule is O=C1[C@H]2CC=CC[C@@H]2C(=O)N1c1nc2n(n1)[C@H](c1ccccc1)C[C@H](c1ccccc1)N2. The van der Waals surface area contributed by atoms with Crippen molar-refractivity contribution in [1.82, 2.24) is 14.8 Å². The van der Waals surface area contributed by atoms with Crippen LogP contribution in [0.4, 0.5) is 11.9 Å². The standard InChI is InChI=1S/C25H23N5O2/c31-22-18-13-7-8-14-19(18)23(32)29(22)25-27-24-26-20(16-9-3-1-4-10-16)15-21(30(24)28-25)17-11-5-2-6-12-17/h1-12,18-21H,13-15H2,(H,26,27,28)/t18-,19-,20+,21-/m0/s1. The fourth-order valence-corrected chi connectivity index (χ4v) is 5.11. The molecule has 0 saturated carbocycles. The number of aromatic nitrogens is 3. The van der Waals surface area contributed by atoms with Crippen LogP contribution >= 0.6 is 0 Å². The molecule has 6 rings (SSSR count). The molecule has 2 aliphatic heterocycles. The zero-order valence-corrected chi connectivity index (χ0v) is 17.5. The van der Waals surface area contributed by atoms with E-state index in [-0.39, 0.29) is 41.7 Å². The molecule has 32 heavy (non-hydrogen) atoms. The number of hydrogen-bond donors (Lipinski definition) is 1. The van der Waals surface area contributed by atoms with Gasteiger partial charge in [-0.15, -0.1) is 5.10 Å². The van der Waals surface area contributed by atoms with Crippen LogP contribution in [0.25, 0.3) is 0 Å². The van der Waals surface area contributed by atoms with E-state index < -0.39 is 0 Å². The summed E-state index contributed by atoms with van der Waals surface area (Å²) >= 11 is 0. The summed E-state index contributed by atoms with van der Waals surface area (Å²) in [6.07, 6.45) is 5.94. The van der Waals surface area contributed by atoms with Crippen LogP contribution < -0.4 is 10.2 Å². The minimum absolute atomic E-state index is 0.0442. The van der Waals surface area contributed by atoms with Gasteiger partial charge in [-0.05, 0) is 30.4 Å². The second-order valence-corrected chi connectivity index (χ2v) is 8.62. The van der Waals surface area contributed by atoms with Crippen molar-refractivity contribution < 1.29 is 9.59 Å². The number of anilines is 2. The van der Waals surface area contributed by atoms with Gasteiger partial charge in [-0.1, -0.05) is 72.8 Å². The number of amides is 2. The van der Waals surface area contributed by atoms with Gasteiger partial charge in [0.25, 0.3) is 5.95 Å². The van der Waals surface area contributed by atoms with Gasteiger partial charge in [0.05, 0.1) is 23.9 Å². The maximum absolute atomic E-state index is 13.1. The van der Waals surface area contributed by atoms with E-state index in [1.807, 2.05) is 53.2 Å². The fourth-order valence-electron chi connectivity index (χ4n) is 5.11. The first-order valence-electron chi connectivity index (χ1n) is 11.1. The second kappa shape index (κ2) is 7.44. The Labute approximate surface area is 185 Å². The van der Waals surface area contributed by atoms with Gasteiger partial charge in [0, 0.05) is 0 Å². The molecule has 0 radical (unpaired) electrons. The van der Waals surface area contributed by atoms with Crippen molar-refractivity contribution in [3.05, 3.63) is 83.9 Å². The van der Waals surface area contributed by atoms with Crippen molar-refractivity contribution in [1.29, 1.82) is 0 Å². The van der Waals surface area contributed by atoms with Crippen LogP contribution in [-0.2, 0) is 9.59 Å². The Morgan fingerprint density at radius 1 is 0.812 bits per heavy atom. The first-order valence-corrected chi connectivity index (χ1v) is 11.1. The van der Waals surface area contributed by atoms with Gasteiger partial charge >= 0.3 is 0 Å². The molecule has 1 N–H and O–H groups in total. The lowest BCUT2D eigenvalue weighted by Crippen LogP contribution is -2.32. The van der Waals surface area contributed by atoms with Crippen LogP contribution in [0.5, 0.6) is 0 Å². The molecule has 1 fully saturated rings. The van der Waals surface area contributed by atoms with Crippen molar-refractivity contribution >= 4 is 23.7 Å². The Morgan fingerprint density at radius 2 is 1.41 bits per heavy atom. The van der Waals surface area contributed by atoms with Crippen molar-refractivity contribution in [2.45, 2.75) is 31.3 Å². The monoisotopic (exact) mass is 425 g/mol. The minimum Gasteiger partial charge on any atom is -0.347 e. The molecule has 1 aliphatic carbocycles. The summed E-state index contributed by atoms with van der Waals surface area (Å²) in [5, 5.41) is 8.16. The summed E-state index contributed by atoms with van der Waals surface area (Å²) in [7, 11) is 0. The first-order chi connectivity index (χ1) is 15.7. The Hall–Kier alpha value is -3.74. The van der Waals surface area contributed by atoms with Crippen LogP contribution in [0.1, 0.15) is 42.5 Å². The number of allylic oxidation sites excluding steroid dienone is 2. The topological polar surface area (TPSA) is 80.1 Å². The number of fused-ring (bicyclic) bond motifs is 2. The highest BCUT2D eigenvalue weighted by atomic mass is 16.2. The lowest BCUT2D eigenvalue weighted by Gasteiger charge is -2.31. The van der Waals surface area contributed by atoms with E-state index in [4.69, 9.17) is 0 Å². The highest BCUT2D eigenvalue weighted by Gasteiger charge is 2.49. The number of benzene rings is 2. The number of hydrogen-bond acceptors (Lipinski definition) is 5. The summed E-state index contributed by atoms with van der Waals surface area (Å²) in [4.78, 5) is 32.0. The zero-order chi connectivity index (χ0) is 21.7.